The average molecular weight is 331 g/mol. The van der Waals surface area contributed by atoms with Crippen LogP contribution in [-0.2, 0) is 22.4 Å². The third kappa shape index (κ3) is 5.21. The van der Waals surface area contributed by atoms with Gasteiger partial charge in [0.15, 0.2) is 0 Å². The van der Waals surface area contributed by atoms with Gasteiger partial charge in [-0.1, -0.05) is 36.4 Å². The van der Waals surface area contributed by atoms with E-state index in [0.29, 0.717) is 12.8 Å². The van der Waals surface area contributed by atoms with Crippen molar-refractivity contribution in [2.45, 2.75) is 31.7 Å². The van der Waals surface area contributed by atoms with Gasteiger partial charge >= 0.3 is 5.97 Å². The molecule has 0 aliphatic rings. The highest BCUT2D eigenvalue weighted by Gasteiger charge is 2.26. The van der Waals surface area contributed by atoms with Gasteiger partial charge in [-0.05, 0) is 29.9 Å². The molecule has 1 unspecified atom stereocenters. The minimum Gasteiger partial charge on any atom is -0.480 e. The fraction of sp³-hybridized carbons (Fsp3) is 0.333. The number of aryl methyl sites for hydroxylation is 1. The lowest BCUT2D eigenvalue weighted by molar-refractivity contribution is -0.149. The maximum Gasteiger partial charge on any atom is 0.326 e. The van der Waals surface area contributed by atoms with Crippen LogP contribution in [0, 0.1) is 0 Å². The van der Waals surface area contributed by atoms with Gasteiger partial charge in [0.1, 0.15) is 6.04 Å². The molecule has 2 aromatic rings. The number of carbonyl (C=O) groups excluding carboxylic acids is 1. The second-order valence-electron chi connectivity index (χ2n) is 5.48. The van der Waals surface area contributed by atoms with E-state index in [2.05, 4.69) is 0 Å². The molecule has 5 heteroatoms. The number of aliphatic carboxylic acids is 1. The van der Waals surface area contributed by atoms with Crippen LogP contribution in [0.15, 0.2) is 47.8 Å². The molecule has 2 rings (SSSR count). The predicted molar refractivity (Wildman–Crippen MR) is 91.6 cm³/mol. The number of hydrogen-bond donors (Lipinski definition) is 1. The number of nitrogens with zero attached hydrogens (tertiary/aromatic N) is 1. The SMILES string of the molecule is CN(C(=O)CCCc1cccs1)C(Cc1ccccc1)C(=O)O. The summed E-state index contributed by atoms with van der Waals surface area (Å²) in [7, 11) is 1.58. The second-order valence-corrected chi connectivity index (χ2v) is 6.51. The largest absolute Gasteiger partial charge is 0.480 e. The summed E-state index contributed by atoms with van der Waals surface area (Å²) in [6, 6.07) is 12.6. The molecule has 23 heavy (non-hydrogen) atoms. The van der Waals surface area contributed by atoms with Crippen LogP contribution in [0.2, 0.25) is 0 Å². The Morgan fingerprint density at radius 2 is 1.91 bits per heavy atom. The quantitative estimate of drug-likeness (QED) is 0.808. The molecule has 1 aromatic carbocycles. The maximum absolute atomic E-state index is 12.3. The standard InChI is InChI=1S/C18H21NO3S/c1-19(17(20)11-5-9-15-10-6-12-23-15)16(18(21)22)13-14-7-3-2-4-8-14/h2-4,6-8,10,12,16H,5,9,11,13H2,1H3,(H,21,22). The molecule has 1 atom stereocenters. The lowest BCUT2D eigenvalue weighted by Crippen LogP contribution is -2.43. The van der Waals surface area contributed by atoms with Crippen molar-refractivity contribution in [3.05, 3.63) is 58.3 Å². The van der Waals surface area contributed by atoms with E-state index in [-0.39, 0.29) is 5.91 Å². The summed E-state index contributed by atoms with van der Waals surface area (Å²) in [5.74, 6) is -1.09. The van der Waals surface area contributed by atoms with Gasteiger partial charge in [-0.25, -0.2) is 4.79 Å². The van der Waals surface area contributed by atoms with E-state index in [9.17, 15) is 14.7 Å². The Labute approximate surface area is 140 Å². The fourth-order valence-electron chi connectivity index (χ4n) is 2.45. The van der Waals surface area contributed by atoms with Crippen LogP contribution in [0.5, 0.6) is 0 Å². The number of benzene rings is 1. The lowest BCUT2D eigenvalue weighted by Gasteiger charge is -2.25. The Morgan fingerprint density at radius 1 is 1.17 bits per heavy atom. The highest BCUT2D eigenvalue weighted by atomic mass is 32.1. The molecule has 0 aliphatic carbocycles. The first-order valence-corrected chi connectivity index (χ1v) is 8.50. The smallest absolute Gasteiger partial charge is 0.326 e. The molecule has 1 heterocycles. The van der Waals surface area contributed by atoms with Gasteiger partial charge in [0.25, 0.3) is 0 Å². The molecule has 0 saturated carbocycles. The summed E-state index contributed by atoms with van der Waals surface area (Å²) in [4.78, 5) is 26.4. The molecule has 0 bridgehead atoms. The maximum atomic E-state index is 12.3. The Bertz CT molecular complexity index is 625. The van der Waals surface area contributed by atoms with Gasteiger partial charge in [0.2, 0.25) is 5.91 Å². The molecule has 0 aliphatic heterocycles. The Morgan fingerprint density at radius 3 is 2.52 bits per heavy atom. The number of thiophene rings is 1. The van der Waals surface area contributed by atoms with Crippen molar-refractivity contribution in [2.24, 2.45) is 0 Å². The molecule has 1 aromatic heterocycles. The van der Waals surface area contributed by atoms with E-state index in [4.69, 9.17) is 0 Å². The highest BCUT2D eigenvalue weighted by molar-refractivity contribution is 7.09. The van der Waals surface area contributed by atoms with Crippen molar-refractivity contribution in [1.29, 1.82) is 0 Å². The molecule has 1 amide bonds. The second kappa shape index (κ2) is 8.48. The molecular formula is C18H21NO3S. The predicted octanol–water partition coefficient (Wildman–Crippen LogP) is 3.23. The normalized spacial score (nSPS) is 11.9. The van der Waals surface area contributed by atoms with Gasteiger partial charge in [-0.15, -0.1) is 11.3 Å². The fourth-order valence-corrected chi connectivity index (χ4v) is 3.20. The summed E-state index contributed by atoms with van der Waals surface area (Å²) in [5, 5.41) is 11.5. The highest BCUT2D eigenvalue weighted by Crippen LogP contribution is 2.14. The van der Waals surface area contributed by atoms with Crippen LogP contribution >= 0.6 is 11.3 Å². The van der Waals surface area contributed by atoms with Crippen molar-refractivity contribution in [3.8, 4) is 0 Å². The Balaban J connectivity index is 1.90. The van der Waals surface area contributed by atoms with E-state index in [0.717, 1.165) is 18.4 Å². The summed E-state index contributed by atoms with van der Waals surface area (Å²) in [6.07, 6.45) is 2.28. The third-order valence-corrected chi connectivity index (χ3v) is 4.75. The number of likely N-dealkylation sites (N-methyl/N-ethyl adjacent to an activating group) is 1. The first kappa shape index (κ1) is 17.2. The number of rotatable bonds is 8. The van der Waals surface area contributed by atoms with Crippen LogP contribution < -0.4 is 0 Å². The van der Waals surface area contributed by atoms with Gasteiger partial charge in [-0.3, -0.25) is 4.79 Å². The zero-order valence-corrected chi connectivity index (χ0v) is 14.0. The van der Waals surface area contributed by atoms with Crippen LogP contribution in [0.25, 0.3) is 0 Å². The molecule has 1 N–H and O–H groups in total. The molecule has 4 nitrogen and oxygen atoms in total. The van der Waals surface area contributed by atoms with Gasteiger partial charge < -0.3 is 10.0 Å². The van der Waals surface area contributed by atoms with Crippen LogP contribution in [-0.4, -0.2) is 35.0 Å². The van der Waals surface area contributed by atoms with Gasteiger partial charge in [-0.2, -0.15) is 0 Å². The summed E-state index contributed by atoms with van der Waals surface area (Å²) < 4.78 is 0. The average Bonchev–Trinajstić information content (AvgIpc) is 3.06. The first-order valence-electron chi connectivity index (χ1n) is 7.62. The summed E-state index contributed by atoms with van der Waals surface area (Å²) in [6.45, 7) is 0. The number of carboxylic acids is 1. The van der Waals surface area contributed by atoms with E-state index in [1.807, 2.05) is 47.8 Å². The number of carboxylic acid groups (broad SMARTS) is 1. The number of carbonyl (C=O) groups is 2. The van der Waals surface area contributed by atoms with Crippen molar-refractivity contribution in [2.75, 3.05) is 7.05 Å². The Kier molecular flexibility index (Phi) is 6.35. The topological polar surface area (TPSA) is 57.6 Å². The van der Waals surface area contributed by atoms with Crippen LogP contribution in [0.4, 0.5) is 0 Å². The molecule has 0 spiro atoms. The third-order valence-electron chi connectivity index (χ3n) is 3.81. The van der Waals surface area contributed by atoms with Crippen molar-refractivity contribution >= 4 is 23.2 Å². The van der Waals surface area contributed by atoms with E-state index < -0.39 is 12.0 Å². The zero-order chi connectivity index (χ0) is 16.7. The van der Waals surface area contributed by atoms with E-state index >= 15 is 0 Å². The van der Waals surface area contributed by atoms with Crippen molar-refractivity contribution < 1.29 is 14.7 Å². The molecule has 0 saturated heterocycles. The summed E-state index contributed by atoms with van der Waals surface area (Å²) >= 11 is 1.68. The van der Waals surface area contributed by atoms with Crippen LogP contribution in [0.3, 0.4) is 0 Å². The van der Waals surface area contributed by atoms with Crippen LogP contribution in [0.1, 0.15) is 23.3 Å². The lowest BCUT2D eigenvalue weighted by atomic mass is 10.0. The molecular weight excluding hydrogens is 310 g/mol. The Hall–Kier alpha value is -2.14. The number of amides is 1. The van der Waals surface area contributed by atoms with Gasteiger partial charge in [0.05, 0.1) is 0 Å². The van der Waals surface area contributed by atoms with E-state index in [1.165, 1.54) is 9.78 Å². The zero-order valence-electron chi connectivity index (χ0n) is 13.1. The van der Waals surface area contributed by atoms with Crippen molar-refractivity contribution in [3.63, 3.8) is 0 Å². The molecule has 122 valence electrons. The van der Waals surface area contributed by atoms with Crippen molar-refractivity contribution in [1.82, 2.24) is 4.90 Å². The minimum absolute atomic E-state index is 0.120. The number of hydrogen-bond acceptors (Lipinski definition) is 3. The van der Waals surface area contributed by atoms with E-state index in [1.54, 1.807) is 18.4 Å². The van der Waals surface area contributed by atoms with Gasteiger partial charge in [0, 0.05) is 24.8 Å². The first-order chi connectivity index (χ1) is 11.1. The molecule has 0 fully saturated rings. The molecule has 0 radical (unpaired) electrons. The monoisotopic (exact) mass is 331 g/mol. The minimum atomic E-state index is -0.969. The summed E-state index contributed by atoms with van der Waals surface area (Å²) in [5.41, 5.74) is 0.915.